The summed E-state index contributed by atoms with van der Waals surface area (Å²) in [6.45, 7) is 4.26. The van der Waals surface area contributed by atoms with Gasteiger partial charge in [-0.1, -0.05) is 6.92 Å². The highest BCUT2D eigenvalue weighted by atomic mass is 32.2. The normalized spacial score (nSPS) is 18.9. The van der Waals surface area contributed by atoms with Gasteiger partial charge in [0.15, 0.2) is 0 Å². The number of nitrogens with zero attached hydrogens (tertiary/aromatic N) is 1. The molecule has 3 heteroatoms. The Kier molecular flexibility index (Phi) is 5.90. The largest absolute Gasteiger partial charge is 0.329 e. The molecule has 0 aliphatic heterocycles. The molecule has 0 spiro atoms. The van der Waals surface area contributed by atoms with E-state index >= 15 is 0 Å². The Labute approximate surface area is 92.6 Å². The van der Waals surface area contributed by atoms with Crippen molar-refractivity contribution >= 4 is 11.8 Å². The predicted octanol–water partition coefficient (Wildman–Crippen LogP) is 1.94. The van der Waals surface area contributed by atoms with Crippen molar-refractivity contribution < 1.29 is 0 Å². The molecule has 0 radical (unpaired) electrons. The van der Waals surface area contributed by atoms with Crippen LogP contribution in [0, 0.1) is 0 Å². The van der Waals surface area contributed by atoms with Crippen molar-refractivity contribution in [2.45, 2.75) is 44.7 Å². The minimum atomic E-state index is 0.639. The van der Waals surface area contributed by atoms with Crippen LogP contribution in [-0.4, -0.2) is 42.1 Å². The quantitative estimate of drug-likeness (QED) is 0.629. The smallest absolute Gasteiger partial charge is 0.0221 e. The lowest BCUT2D eigenvalue weighted by Gasteiger charge is -2.29. The van der Waals surface area contributed by atoms with Crippen LogP contribution in [0.1, 0.15) is 32.6 Å². The Morgan fingerprint density at radius 2 is 2.21 bits per heavy atom. The van der Waals surface area contributed by atoms with E-state index in [0.29, 0.717) is 6.04 Å². The summed E-state index contributed by atoms with van der Waals surface area (Å²) >= 11 is 1.94. The summed E-state index contributed by atoms with van der Waals surface area (Å²) in [7, 11) is 0. The second-order valence-electron chi connectivity index (χ2n) is 4.09. The number of rotatable bonds is 8. The fourth-order valence-electron chi connectivity index (χ4n) is 2.10. The standard InChI is InChI=1S/C11H24N2S/c1-3-13(10-6-7-10)11(9-12)5-4-8-14-2/h10-11H,3-9,12H2,1-2H3. The molecule has 0 aromatic rings. The van der Waals surface area contributed by atoms with E-state index < -0.39 is 0 Å². The Morgan fingerprint density at radius 1 is 1.50 bits per heavy atom. The summed E-state index contributed by atoms with van der Waals surface area (Å²) in [4.78, 5) is 2.61. The molecule has 1 rings (SSSR count). The van der Waals surface area contributed by atoms with Crippen LogP contribution in [0.25, 0.3) is 0 Å². The van der Waals surface area contributed by atoms with Gasteiger partial charge in [0.05, 0.1) is 0 Å². The van der Waals surface area contributed by atoms with Gasteiger partial charge in [0.25, 0.3) is 0 Å². The summed E-state index contributed by atoms with van der Waals surface area (Å²) < 4.78 is 0. The van der Waals surface area contributed by atoms with E-state index in [-0.39, 0.29) is 0 Å². The second kappa shape index (κ2) is 6.70. The molecule has 84 valence electrons. The van der Waals surface area contributed by atoms with Gasteiger partial charge in [-0.15, -0.1) is 0 Å². The molecule has 2 N–H and O–H groups in total. The van der Waals surface area contributed by atoms with Crippen molar-refractivity contribution in [3.05, 3.63) is 0 Å². The summed E-state index contributed by atoms with van der Waals surface area (Å²) in [5.74, 6) is 1.28. The van der Waals surface area contributed by atoms with Gasteiger partial charge in [-0.25, -0.2) is 0 Å². The molecule has 0 bridgehead atoms. The van der Waals surface area contributed by atoms with E-state index in [1.165, 1.54) is 38.0 Å². The number of hydrogen-bond donors (Lipinski definition) is 1. The van der Waals surface area contributed by atoms with E-state index in [4.69, 9.17) is 5.73 Å². The third kappa shape index (κ3) is 3.79. The summed E-state index contributed by atoms with van der Waals surface area (Å²) in [5, 5.41) is 0. The molecule has 1 aliphatic carbocycles. The summed E-state index contributed by atoms with van der Waals surface area (Å²) in [5.41, 5.74) is 5.85. The first kappa shape index (κ1) is 12.3. The van der Waals surface area contributed by atoms with Crippen LogP contribution in [0.5, 0.6) is 0 Å². The van der Waals surface area contributed by atoms with E-state index in [0.717, 1.165) is 12.6 Å². The maximum Gasteiger partial charge on any atom is 0.0221 e. The molecular formula is C11H24N2S. The molecule has 0 heterocycles. The molecule has 1 aliphatic rings. The molecule has 1 atom stereocenters. The van der Waals surface area contributed by atoms with E-state index in [1.807, 2.05) is 11.8 Å². The molecule has 0 aromatic heterocycles. The van der Waals surface area contributed by atoms with Crippen LogP contribution in [0.3, 0.4) is 0 Å². The maximum absolute atomic E-state index is 5.85. The monoisotopic (exact) mass is 216 g/mol. The molecule has 0 amide bonds. The van der Waals surface area contributed by atoms with Gasteiger partial charge in [0, 0.05) is 18.6 Å². The van der Waals surface area contributed by atoms with E-state index in [9.17, 15) is 0 Å². The Bertz CT molecular complexity index is 148. The minimum Gasteiger partial charge on any atom is -0.329 e. The minimum absolute atomic E-state index is 0.639. The zero-order chi connectivity index (χ0) is 10.4. The van der Waals surface area contributed by atoms with E-state index in [1.54, 1.807) is 0 Å². The first-order valence-corrected chi connectivity index (χ1v) is 7.17. The van der Waals surface area contributed by atoms with Crippen molar-refractivity contribution in [3.8, 4) is 0 Å². The molecule has 0 saturated heterocycles. The third-order valence-corrected chi connectivity index (χ3v) is 3.70. The van der Waals surface area contributed by atoms with Crippen molar-refractivity contribution in [3.63, 3.8) is 0 Å². The van der Waals surface area contributed by atoms with Crippen LogP contribution in [-0.2, 0) is 0 Å². The number of hydrogen-bond acceptors (Lipinski definition) is 3. The average molecular weight is 216 g/mol. The molecule has 1 unspecified atom stereocenters. The lowest BCUT2D eigenvalue weighted by atomic mass is 10.1. The first-order chi connectivity index (χ1) is 6.83. The molecule has 0 aromatic carbocycles. The van der Waals surface area contributed by atoms with Gasteiger partial charge in [-0.05, 0) is 44.2 Å². The van der Waals surface area contributed by atoms with Crippen LogP contribution in [0.15, 0.2) is 0 Å². The van der Waals surface area contributed by atoms with E-state index in [2.05, 4.69) is 18.1 Å². The van der Waals surface area contributed by atoms with Crippen LogP contribution in [0.2, 0.25) is 0 Å². The van der Waals surface area contributed by atoms with Gasteiger partial charge in [-0.3, -0.25) is 4.90 Å². The average Bonchev–Trinajstić information content (AvgIpc) is 3.01. The number of thioether (sulfide) groups is 1. The summed E-state index contributed by atoms with van der Waals surface area (Å²) in [6, 6.07) is 1.50. The van der Waals surface area contributed by atoms with Crippen molar-refractivity contribution in [1.29, 1.82) is 0 Å². The van der Waals surface area contributed by atoms with Crippen molar-refractivity contribution in [1.82, 2.24) is 4.90 Å². The van der Waals surface area contributed by atoms with Gasteiger partial charge in [0.2, 0.25) is 0 Å². The fraction of sp³-hybridized carbons (Fsp3) is 1.00. The fourth-order valence-corrected chi connectivity index (χ4v) is 2.56. The SMILES string of the molecule is CCN(C(CN)CCCSC)C1CC1. The van der Waals surface area contributed by atoms with Crippen LogP contribution >= 0.6 is 11.8 Å². The lowest BCUT2D eigenvalue weighted by molar-refractivity contribution is 0.190. The highest BCUT2D eigenvalue weighted by Gasteiger charge is 2.31. The lowest BCUT2D eigenvalue weighted by Crippen LogP contribution is -2.42. The molecule has 1 fully saturated rings. The van der Waals surface area contributed by atoms with Gasteiger partial charge in [-0.2, -0.15) is 11.8 Å². The first-order valence-electron chi connectivity index (χ1n) is 5.78. The second-order valence-corrected chi connectivity index (χ2v) is 5.07. The molecule has 2 nitrogen and oxygen atoms in total. The third-order valence-electron chi connectivity index (χ3n) is 3.01. The number of nitrogens with two attached hydrogens (primary N) is 1. The highest BCUT2D eigenvalue weighted by molar-refractivity contribution is 7.98. The predicted molar refractivity (Wildman–Crippen MR) is 65.9 cm³/mol. The molecule has 14 heavy (non-hydrogen) atoms. The van der Waals surface area contributed by atoms with Gasteiger partial charge >= 0.3 is 0 Å². The van der Waals surface area contributed by atoms with Gasteiger partial charge < -0.3 is 5.73 Å². The Hall–Kier alpha value is 0.270. The highest BCUT2D eigenvalue weighted by Crippen LogP contribution is 2.29. The van der Waals surface area contributed by atoms with Crippen molar-refractivity contribution in [2.24, 2.45) is 5.73 Å². The zero-order valence-electron chi connectivity index (χ0n) is 9.54. The van der Waals surface area contributed by atoms with Crippen molar-refractivity contribution in [2.75, 3.05) is 25.1 Å². The molecule has 1 saturated carbocycles. The zero-order valence-corrected chi connectivity index (χ0v) is 10.4. The van der Waals surface area contributed by atoms with Gasteiger partial charge in [0.1, 0.15) is 0 Å². The van der Waals surface area contributed by atoms with Crippen LogP contribution in [0.4, 0.5) is 0 Å². The summed E-state index contributed by atoms with van der Waals surface area (Å²) in [6.07, 6.45) is 7.56. The molecular weight excluding hydrogens is 192 g/mol. The Balaban J connectivity index is 2.26. The maximum atomic E-state index is 5.85. The van der Waals surface area contributed by atoms with Crippen LogP contribution < -0.4 is 5.73 Å². The topological polar surface area (TPSA) is 29.3 Å². The number of likely N-dealkylation sites (N-methyl/N-ethyl adjacent to an activating group) is 1. The Morgan fingerprint density at radius 3 is 2.64 bits per heavy atom.